The highest BCUT2D eigenvalue weighted by atomic mass is 16.5. The van der Waals surface area contributed by atoms with Gasteiger partial charge in [-0.25, -0.2) is 4.98 Å². The number of nitrogens with zero attached hydrogens (tertiary/aromatic N) is 2. The van der Waals surface area contributed by atoms with E-state index in [1.54, 1.807) is 17.0 Å². The molecular weight excluding hydrogens is 242 g/mol. The molecule has 100 valence electrons. The van der Waals surface area contributed by atoms with E-state index < -0.39 is 0 Å². The summed E-state index contributed by atoms with van der Waals surface area (Å²) in [7, 11) is 1.81. The van der Waals surface area contributed by atoms with Crippen molar-refractivity contribution in [3.8, 4) is 5.75 Å². The average Bonchev–Trinajstić information content (AvgIpc) is 2.77. The molecule has 1 N–H and O–H groups in total. The van der Waals surface area contributed by atoms with Gasteiger partial charge in [-0.15, -0.1) is 0 Å². The standard InChI is InChI=1S/C14H17N3O2/c1-10-5-4-6-12(11(10)2)19-9-13(18)16-14-15-7-8-17(14)3/h4-8H,9H2,1-3H3,(H,15,16,18). The number of anilines is 1. The van der Waals surface area contributed by atoms with Gasteiger partial charge < -0.3 is 9.30 Å². The second kappa shape index (κ2) is 5.56. The fourth-order valence-corrected chi connectivity index (χ4v) is 1.67. The molecule has 0 aliphatic rings. The number of amides is 1. The Hall–Kier alpha value is -2.30. The van der Waals surface area contributed by atoms with E-state index in [9.17, 15) is 4.79 Å². The smallest absolute Gasteiger partial charge is 0.264 e. The minimum Gasteiger partial charge on any atom is -0.483 e. The molecule has 1 heterocycles. The van der Waals surface area contributed by atoms with Gasteiger partial charge in [0.1, 0.15) is 5.75 Å². The lowest BCUT2D eigenvalue weighted by atomic mass is 10.1. The van der Waals surface area contributed by atoms with E-state index in [0.717, 1.165) is 16.9 Å². The Morgan fingerprint density at radius 3 is 2.89 bits per heavy atom. The van der Waals surface area contributed by atoms with Crippen LogP contribution < -0.4 is 10.1 Å². The van der Waals surface area contributed by atoms with E-state index in [0.29, 0.717) is 5.95 Å². The summed E-state index contributed by atoms with van der Waals surface area (Å²) in [5, 5.41) is 2.68. The lowest BCUT2D eigenvalue weighted by Crippen LogP contribution is -2.22. The minimum atomic E-state index is -0.227. The topological polar surface area (TPSA) is 56.1 Å². The molecule has 0 unspecified atom stereocenters. The third-order valence-electron chi connectivity index (χ3n) is 2.99. The van der Waals surface area contributed by atoms with Crippen molar-refractivity contribution in [1.82, 2.24) is 9.55 Å². The van der Waals surface area contributed by atoms with E-state index >= 15 is 0 Å². The molecule has 0 fully saturated rings. The molecule has 0 atom stereocenters. The fourth-order valence-electron chi connectivity index (χ4n) is 1.67. The summed E-state index contributed by atoms with van der Waals surface area (Å²) in [6.07, 6.45) is 3.39. The Bertz CT molecular complexity index is 590. The summed E-state index contributed by atoms with van der Waals surface area (Å²) < 4.78 is 7.25. The molecule has 0 bridgehead atoms. The number of nitrogens with one attached hydrogen (secondary N) is 1. The van der Waals surface area contributed by atoms with E-state index in [-0.39, 0.29) is 12.5 Å². The number of carbonyl (C=O) groups is 1. The van der Waals surface area contributed by atoms with E-state index in [1.165, 1.54) is 0 Å². The van der Waals surface area contributed by atoms with Crippen LogP contribution in [0.1, 0.15) is 11.1 Å². The third kappa shape index (κ3) is 3.13. The number of hydrogen-bond acceptors (Lipinski definition) is 3. The molecule has 2 aromatic rings. The molecule has 19 heavy (non-hydrogen) atoms. The number of ether oxygens (including phenoxy) is 1. The number of hydrogen-bond donors (Lipinski definition) is 1. The summed E-state index contributed by atoms with van der Waals surface area (Å²) in [4.78, 5) is 15.8. The van der Waals surface area contributed by atoms with Crippen LogP contribution in [0.2, 0.25) is 0 Å². The highest BCUT2D eigenvalue weighted by molar-refractivity contribution is 5.90. The average molecular weight is 259 g/mol. The maximum atomic E-state index is 11.7. The monoisotopic (exact) mass is 259 g/mol. The van der Waals surface area contributed by atoms with Crippen molar-refractivity contribution in [1.29, 1.82) is 0 Å². The number of aryl methyl sites for hydroxylation is 2. The fraction of sp³-hybridized carbons (Fsp3) is 0.286. The summed E-state index contributed by atoms with van der Waals surface area (Å²) >= 11 is 0. The maximum Gasteiger partial charge on any atom is 0.264 e. The van der Waals surface area contributed by atoms with Crippen LogP contribution in [0.4, 0.5) is 5.95 Å². The molecule has 0 radical (unpaired) electrons. The summed E-state index contributed by atoms with van der Waals surface area (Å²) in [6, 6.07) is 5.78. The summed E-state index contributed by atoms with van der Waals surface area (Å²) in [5.74, 6) is 1.01. The Morgan fingerprint density at radius 2 is 2.21 bits per heavy atom. The normalized spacial score (nSPS) is 10.3. The zero-order valence-corrected chi connectivity index (χ0v) is 11.3. The van der Waals surface area contributed by atoms with Crippen LogP contribution in [0.15, 0.2) is 30.6 Å². The Balaban J connectivity index is 1.94. The minimum absolute atomic E-state index is 0.0306. The summed E-state index contributed by atoms with van der Waals surface area (Å²) in [5.41, 5.74) is 2.19. The van der Waals surface area contributed by atoms with Crippen LogP contribution in [-0.4, -0.2) is 22.1 Å². The molecular formula is C14H17N3O2. The molecule has 1 aromatic heterocycles. The van der Waals surface area contributed by atoms with Gasteiger partial charge in [-0.1, -0.05) is 12.1 Å². The molecule has 0 saturated carbocycles. The number of aromatic nitrogens is 2. The molecule has 2 rings (SSSR count). The van der Waals surface area contributed by atoms with Crippen molar-refractivity contribution >= 4 is 11.9 Å². The second-order valence-electron chi connectivity index (χ2n) is 4.40. The number of rotatable bonds is 4. The number of benzene rings is 1. The first-order chi connectivity index (χ1) is 9.08. The van der Waals surface area contributed by atoms with Crippen molar-refractivity contribution < 1.29 is 9.53 Å². The van der Waals surface area contributed by atoms with Gasteiger partial charge in [0.05, 0.1) is 0 Å². The first kappa shape index (κ1) is 13.1. The van der Waals surface area contributed by atoms with Crippen molar-refractivity contribution in [2.24, 2.45) is 7.05 Å². The van der Waals surface area contributed by atoms with E-state index in [4.69, 9.17) is 4.74 Å². The predicted molar refractivity (Wildman–Crippen MR) is 73.2 cm³/mol. The third-order valence-corrected chi connectivity index (χ3v) is 2.99. The number of carbonyl (C=O) groups excluding carboxylic acids is 1. The van der Waals surface area contributed by atoms with Gasteiger partial charge in [0.15, 0.2) is 6.61 Å². The van der Waals surface area contributed by atoms with Gasteiger partial charge in [0.2, 0.25) is 5.95 Å². The van der Waals surface area contributed by atoms with Crippen molar-refractivity contribution in [2.75, 3.05) is 11.9 Å². The quantitative estimate of drug-likeness (QED) is 0.914. The lowest BCUT2D eigenvalue weighted by Gasteiger charge is -2.10. The zero-order chi connectivity index (χ0) is 13.8. The Kier molecular flexibility index (Phi) is 3.85. The van der Waals surface area contributed by atoms with Crippen LogP contribution in [0, 0.1) is 13.8 Å². The molecule has 0 aliphatic heterocycles. The van der Waals surface area contributed by atoms with Crippen molar-refractivity contribution in [2.45, 2.75) is 13.8 Å². The van der Waals surface area contributed by atoms with Crippen LogP contribution in [0.5, 0.6) is 5.75 Å². The molecule has 0 spiro atoms. The second-order valence-corrected chi connectivity index (χ2v) is 4.40. The molecule has 1 aromatic carbocycles. The van der Waals surface area contributed by atoms with Gasteiger partial charge in [0, 0.05) is 19.4 Å². The van der Waals surface area contributed by atoms with Crippen LogP contribution in [0.3, 0.4) is 0 Å². The Morgan fingerprint density at radius 1 is 1.42 bits per heavy atom. The zero-order valence-electron chi connectivity index (χ0n) is 11.3. The summed E-state index contributed by atoms with van der Waals surface area (Å²) in [6.45, 7) is 3.95. The van der Waals surface area contributed by atoms with Gasteiger partial charge >= 0.3 is 0 Å². The van der Waals surface area contributed by atoms with Crippen LogP contribution in [0.25, 0.3) is 0 Å². The van der Waals surface area contributed by atoms with Crippen molar-refractivity contribution in [3.05, 3.63) is 41.7 Å². The predicted octanol–water partition coefficient (Wildman–Crippen LogP) is 2.05. The molecule has 0 aliphatic carbocycles. The Labute approximate surface area is 112 Å². The van der Waals surface area contributed by atoms with Crippen LogP contribution >= 0.6 is 0 Å². The highest BCUT2D eigenvalue weighted by Gasteiger charge is 2.08. The van der Waals surface area contributed by atoms with E-state index in [1.807, 2.05) is 39.1 Å². The molecule has 5 nitrogen and oxygen atoms in total. The van der Waals surface area contributed by atoms with Crippen LogP contribution in [-0.2, 0) is 11.8 Å². The molecule has 0 saturated heterocycles. The van der Waals surface area contributed by atoms with Crippen molar-refractivity contribution in [3.63, 3.8) is 0 Å². The van der Waals surface area contributed by atoms with Gasteiger partial charge in [0.25, 0.3) is 5.91 Å². The largest absolute Gasteiger partial charge is 0.483 e. The molecule has 1 amide bonds. The lowest BCUT2D eigenvalue weighted by molar-refractivity contribution is -0.118. The first-order valence-corrected chi connectivity index (χ1v) is 6.04. The van der Waals surface area contributed by atoms with Gasteiger partial charge in [-0.05, 0) is 31.0 Å². The highest BCUT2D eigenvalue weighted by Crippen LogP contribution is 2.20. The van der Waals surface area contributed by atoms with Gasteiger partial charge in [-0.2, -0.15) is 0 Å². The number of imidazole rings is 1. The molecule has 5 heteroatoms. The maximum absolute atomic E-state index is 11.7. The SMILES string of the molecule is Cc1cccc(OCC(=O)Nc2nccn2C)c1C. The van der Waals surface area contributed by atoms with Gasteiger partial charge in [-0.3, -0.25) is 10.1 Å². The first-order valence-electron chi connectivity index (χ1n) is 6.04. The van der Waals surface area contributed by atoms with E-state index in [2.05, 4.69) is 10.3 Å².